The van der Waals surface area contributed by atoms with Crippen LogP contribution in [0.1, 0.15) is 18.3 Å². The molecule has 16 heavy (non-hydrogen) atoms. The molecule has 0 aromatic carbocycles. The third-order valence-corrected chi connectivity index (χ3v) is 2.44. The average molecular weight is 223 g/mol. The predicted octanol–water partition coefficient (Wildman–Crippen LogP) is 1.30. The van der Waals surface area contributed by atoms with Gasteiger partial charge in [0.1, 0.15) is 17.7 Å². The van der Waals surface area contributed by atoms with E-state index in [1.165, 1.54) is 0 Å². The normalized spacial score (nSPS) is 15.7. The Balaban J connectivity index is 2.21. The van der Waals surface area contributed by atoms with Gasteiger partial charge in [0.15, 0.2) is 0 Å². The molecule has 0 atom stereocenters. The number of nitrogens with zero attached hydrogens (tertiary/aromatic N) is 2. The molecule has 1 aromatic heterocycles. The van der Waals surface area contributed by atoms with Crippen molar-refractivity contribution in [1.29, 1.82) is 0 Å². The van der Waals surface area contributed by atoms with Crippen LogP contribution in [0.5, 0.6) is 5.88 Å². The summed E-state index contributed by atoms with van der Waals surface area (Å²) in [5.74, 6) is 2.23. The Kier molecular flexibility index (Phi) is 3.24. The highest BCUT2D eigenvalue weighted by Gasteiger charge is 2.22. The van der Waals surface area contributed by atoms with Crippen LogP contribution in [-0.2, 0) is 4.74 Å². The Bertz CT molecular complexity index is 378. The second kappa shape index (κ2) is 4.65. The van der Waals surface area contributed by atoms with E-state index in [-0.39, 0.29) is 6.10 Å². The van der Waals surface area contributed by atoms with Crippen LogP contribution in [0.2, 0.25) is 0 Å². The topological polar surface area (TPSA) is 56.3 Å². The summed E-state index contributed by atoms with van der Waals surface area (Å²) in [5, 5.41) is 3.20. The number of ether oxygens (including phenoxy) is 2. The number of anilines is 1. The van der Waals surface area contributed by atoms with Crippen molar-refractivity contribution in [2.45, 2.75) is 26.9 Å². The Labute approximate surface area is 95.2 Å². The molecule has 88 valence electrons. The predicted molar refractivity (Wildman–Crippen MR) is 60.9 cm³/mol. The monoisotopic (exact) mass is 223 g/mol. The number of nitrogens with one attached hydrogen (secondary N) is 1. The van der Waals surface area contributed by atoms with Crippen LogP contribution >= 0.6 is 0 Å². The lowest BCUT2D eigenvalue weighted by molar-refractivity contribution is -0.0816. The van der Waals surface area contributed by atoms with E-state index in [4.69, 9.17) is 9.47 Å². The number of hydrogen-bond donors (Lipinski definition) is 1. The molecule has 1 N–H and O–H groups in total. The van der Waals surface area contributed by atoms with Crippen LogP contribution in [0, 0.1) is 13.8 Å². The molecule has 0 unspecified atom stereocenters. The summed E-state index contributed by atoms with van der Waals surface area (Å²) in [6.45, 7) is 8.01. The first-order chi connectivity index (χ1) is 7.70. The van der Waals surface area contributed by atoms with Crippen LogP contribution < -0.4 is 10.1 Å². The molecule has 0 bridgehead atoms. The minimum atomic E-state index is 0.141. The molecule has 1 fully saturated rings. The van der Waals surface area contributed by atoms with Crippen LogP contribution in [0.25, 0.3) is 0 Å². The summed E-state index contributed by atoms with van der Waals surface area (Å²) < 4.78 is 10.8. The van der Waals surface area contributed by atoms with Crippen molar-refractivity contribution in [3.05, 3.63) is 11.4 Å². The van der Waals surface area contributed by atoms with Gasteiger partial charge in [0.05, 0.1) is 18.8 Å². The number of aromatic nitrogens is 2. The van der Waals surface area contributed by atoms with E-state index in [2.05, 4.69) is 15.3 Å². The fraction of sp³-hybridized carbons (Fsp3) is 0.636. The fourth-order valence-electron chi connectivity index (χ4n) is 1.50. The lowest BCUT2D eigenvalue weighted by Gasteiger charge is -2.27. The Morgan fingerprint density at radius 2 is 2.12 bits per heavy atom. The Hall–Kier alpha value is -1.36. The zero-order valence-corrected chi connectivity index (χ0v) is 9.91. The second-order valence-corrected chi connectivity index (χ2v) is 3.86. The largest absolute Gasteiger partial charge is 0.469 e. The van der Waals surface area contributed by atoms with Gasteiger partial charge in [0.25, 0.3) is 0 Å². The highest BCUT2D eigenvalue weighted by atomic mass is 16.6. The van der Waals surface area contributed by atoms with Crippen LogP contribution in [0.15, 0.2) is 0 Å². The van der Waals surface area contributed by atoms with Crippen molar-refractivity contribution in [1.82, 2.24) is 9.97 Å². The highest BCUT2D eigenvalue weighted by molar-refractivity contribution is 5.48. The molecule has 5 heteroatoms. The zero-order valence-electron chi connectivity index (χ0n) is 9.91. The van der Waals surface area contributed by atoms with E-state index in [9.17, 15) is 0 Å². The molecule has 0 radical (unpaired) electrons. The molecule has 1 aliphatic rings. The van der Waals surface area contributed by atoms with E-state index in [0.717, 1.165) is 23.8 Å². The summed E-state index contributed by atoms with van der Waals surface area (Å²) in [6, 6.07) is 0. The summed E-state index contributed by atoms with van der Waals surface area (Å²) in [5.41, 5.74) is 0.958. The molecule has 0 aliphatic carbocycles. The van der Waals surface area contributed by atoms with Gasteiger partial charge in [-0.05, 0) is 20.8 Å². The average Bonchev–Trinajstić information content (AvgIpc) is 2.18. The number of hydrogen-bond acceptors (Lipinski definition) is 5. The maximum atomic E-state index is 5.73. The molecule has 2 rings (SSSR count). The Morgan fingerprint density at radius 3 is 2.69 bits per heavy atom. The molecular weight excluding hydrogens is 206 g/mol. The molecule has 1 aliphatic heterocycles. The maximum absolute atomic E-state index is 5.73. The minimum absolute atomic E-state index is 0.141. The summed E-state index contributed by atoms with van der Waals surface area (Å²) in [7, 11) is 0. The van der Waals surface area contributed by atoms with Crippen molar-refractivity contribution < 1.29 is 9.47 Å². The van der Waals surface area contributed by atoms with Crippen molar-refractivity contribution in [3.63, 3.8) is 0 Å². The van der Waals surface area contributed by atoms with Crippen molar-refractivity contribution in [3.8, 4) is 5.88 Å². The number of rotatable bonds is 4. The third-order valence-electron chi connectivity index (χ3n) is 2.44. The third kappa shape index (κ3) is 2.24. The van der Waals surface area contributed by atoms with Gasteiger partial charge >= 0.3 is 0 Å². The van der Waals surface area contributed by atoms with Crippen molar-refractivity contribution >= 4 is 5.82 Å². The van der Waals surface area contributed by atoms with Crippen molar-refractivity contribution in [2.24, 2.45) is 0 Å². The molecule has 1 aromatic rings. The summed E-state index contributed by atoms with van der Waals surface area (Å²) >= 11 is 0. The van der Waals surface area contributed by atoms with Gasteiger partial charge in [0, 0.05) is 6.54 Å². The standard InChI is InChI=1S/C11H17N3O2/c1-4-12-10-7(2)11(14-8(3)13-10)16-9-5-15-6-9/h9H,4-6H2,1-3H3,(H,12,13,14). The molecule has 0 amide bonds. The molecule has 0 saturated carbocycles. The van der Waals surface area contributed by atoms with E-state index in [0.29, 0.717) is 19.1 Å². The van der Waals surface area contributed by atoms with Gasteiger partial charge in [-0.1, -0.05) is 0 Å². The van der Waals surface area contributed by atoms with Crippen molar-refractivity contribution in [2.75, 3.05) is 25.1 Å². The Morgan fingerprint density at radius 1 is 1.38 bits per heavy atom. The van der Waals surface area contributed by atoms with Gasteiger partial charge in [-0.25, -0.2) is 4.98 Å². The van der Waals surface area contributed by atoms with E-state index < -0.39 is 0 Å². The first-order valence-electron chi connectivity index (χ1n) is 5.54. The number of aryl methyl sites for hydroxylation is 1. The first kappa shape index (κ1) is 11.1. The van der Waals surface area contributed by atoms with E-state index in [1.807, 2.05) is 20.8 Å². The van der Waals surface area contributed by atoms with Gasteiger partial charge < -0.3 is 14.8 Å². The molecule has 0 spiro atoms. The van der Waals surface area contributed by atoms with E-state index >= 15 is 0 Å². The lowest BCUT2D eigenvalue weighted by Crippen LogP contribution is -2.39. The smallest absolute Gasteiger partial charge is 0.222 e. The van der Waals surface area contributed by atoms with E-state index in [1.54, 1.807) is 0 Å². The maximum Gasteiger partial charge on any atom is 0.222 e. The van der Waals surface area contributed by atoms with Crippen LogP contribution in [-0.4, -0.2) is 35.8 Å². The van der Waals surface area contributed by atoms with Crippen LogP contribution in [0.4, 0.5) is 5.82 Å². The summed E-state index contributed by atoms with van der Waals surface area (Å²) in [6.07, 6.45) is 0.141. The SMILES string of the molecule is CCNc1nc(C)nc(OC2COC2)c1C. The van der Waals surface area contributed by atoms with Crippen LogP contribution in [0.3, 0.4) is 0 Å². The quantitative estimate of drug-likeness (QED) is 0.833. The fourth-order valence-corrected chi connectivity index (χ4v) is 1.50. The lowest BCUT2D eigenvalue weighted by atomic mass is 10.3. The molecule has 1 saturated heterocycles. The van der Waals surface area contributed by atoms with Gasteiger partial charge in [-0.15, -0.1) is 0 Å². The molecular formula is C11H17N3O2. The minimum Gasteiger partial charge on any atom is -0.469 e. The molecule has 5 nitrogen and oxygen atoms in total. The van der Waals surface area contributed by atoms with Gasteiger partial charge in [-0.3, -0.25) is 0 Å². The first-order valence-corrected chi connectivity index (χ1v) is 5.54. The second-order valence-electron chi connectivity index (χ2n) is 3.86. The summed E-state index contributed by atoms with van der Waals surface area (Å²) in [4.78, 5) is 8.65. The zero-order chi connectivity index (χ0) is 11.5. The van der Waals surface area contributed by atoms with Gasteiger partial charge in [0.2, 0.25) is 5.88 Å². The van der Waals surface area contributed by atoms with Gasteiger partial charge in [-0.2, -0.15) is 4.98 Å². The highest BCUT2D eigenvalue weighted by Crippen LogP contribution is 2.24. The molecule has 2 heterocycles.